The largest absolute Gasteiger partial charge is 0.666 e. The minimum atomic E-state index is 0.0387. The molecule has 0 aromatic rings. The van der Waals surface area contributed by atoms with Gasteiger partial charge in [0.15, 0.2) is 0 Å². The molecular formula is C25H50N2O2. The standard InChI is InChI=1S/C25H50N2O2/c1-3-5-7-9-11-13-15-17-19-21-23-28-25(27-26)29-24-22-20-18-16-14-12-10-8-6-4-2/h3-24H2,1-2H3. The van der Waals surface area contributed by atoms with Gasteiger partial charge in [-0.3, -0.25) is 0 Å². The van der Waals surface area contributed by atoms with E-state index in [-0.39, 0.29) is 6.08 Å². The van der Waals surface area contributed by atoms with Crippen LogP contribution in [0.1, 0.15) is 142 Å². The highest BCUT2D eigenvalue weighted by Gasteiger charge is 2.10. The van der Waals surface area contributed by atoms with Crippen molar-refractivity contribution in [2.45, 2.75) is 142 Å². The van der Waals surface area contributed by atoms with Crippen LogP contribution in [0.2, 0.25) is 0 Å². The summed E-state index contributed by atoms with van der Waals surface area (Å²) in [5.74, 6) is 0. The lowest BCUT2D eigenvalue weighted by atomic mass is 10.1. The Labute approximate surface area is 181 Å². The normalized spacial score (nSPS) is 10.7. The number of hydrogen-bond acceptors (Lipinski definition) is 2. The lowest BCUT2D eigenvalue weighted by Gasteiger charge is -2.04. The van der Waals surface area contributed by atoms with Crippen molar-refractivity contribution < 1.29 is 14.3 Å². The maximum absolute atomic E-state index is 8.99. The van der Waals surface area contributed by atoms with Gasteiger partial charge in [0.2, 0.25) is 0 Å². The SMILES string of the molecule is CCCCCCCCCCCCOC(=[N+]=[N-])OCCCCCCCCCCCC. The van der Waals surface area contributed by atoms with Crippen molar-refractivity contribution >= 4 is 6.08 Å². The third kappa shape index (κ3) is 23.1. The Balaban J connectivity index is 3.31. The number of unbranched alkanes of at least 4 members (excludes halogenated alkanes) is 18. The Morgan fingerprint density at radius 1 is 0.483 bits per heavy atom. The first kappa shape index (κ1) is 28.0. The van der Waals surface area contributed by atoms with Crippen LogP contribution in [0.25, 0.3) is 5.53 Å². The molecule has 172 valence electrons. The van der Waals surface area contributed by atoms with Gasteiger partial charge in [-0.05, 0) is 12.8 Å². The van der Waals surface area contributed by atoms with Gasteiger partial charge < -0.3 is 15.0 Å². The van der Waals surface area contributed by atoms with Crippen LogP contribution in [0.3, 0.4) is 0 Å². The average molecular weight is 411 g/mol. The molecule has 0 aromatic carbocycles. The van der Waals surface area contributed by atoms with Gasteiger partial charge in [-0.2, -0.15) is 0 Å². The first-order valence-electron chi connectivity index (χ1n) is 12.8. The van der Waals surface area contributed by atoms with Crippen LogP contribution in [0.5, 0.6) is 0 Å². The molecule has 4 heteroatoms. The van der Waals surface area contributed by atoms with Crippen LogP contribution >= 0.6 is 0 Å². The Kier molecular flexibility index (Phi) is 24.1. The van der Waals surface area contributed by atoms with E-state index >= 15 is 0 Å². The van der Waals surface area contributed by atoms with Gasteiger partial charge in [0.1, 0.15) is 0 Å². The molecule has 0 heterocycles. The van der Waals surface area contributed by atoms with Crippen molar-refractivity contribution in [3.63, 3.8) is 0 Å². The Bertz CT molecular complexity index is 340. The lowest BCUT2D eigenvalue weighted by molar-refractivity contribution is -0.0886. The van der Waals surface area contributed by atoms with E-state index < -0.39 is 0 Å². The van der Waals surface area contributed by atoms with Gasteiger partial charge >= 0.3 is 6.08 Å². The van der Waals surface area contributed by atoms with E-state index in [9.17, 15) is 0 Å². The average Bonchev–Trinajstić information content (AvgIpc) is 2.74. The zero-order valence-corrected chi connectivity index (χ0v) is 19.8. The lowest BCUT2D eigenvalue weighted by Crippen LogP contribution is -2.13. The summed E-state index contributed by atoms with van der Waals surface area (Å²) in [6, 6.07) is 0. The quantitative estimate of drug-likeness (QED) is 0.0591. The molecule has 0 N–H and O–H groups in total. The molecule has 0 saturated heterocycles. The fourth-order valence-electron chi connectivity index (χ4n) is 3.60. The zero-order valence-electron chi connectivity index (χ0n) is 19.8. The van der Waals surface area contributed by atoms with E-state index in [1.807, 2.05) is 0 Å². The molecule has 0 aromatic heterocycles. The summed E-state index contributed by atoms with van der Waals surface area (Å²) in [5.41, 5.74) is 8.99. The van der Waals surface area contributed by atoms with Gasteiger partial charge in [-0.15, -0.1) is 0 Å². The summed E-state index contributed by atoms with van der Waals surface area (Å²) in [4.78, 5) is 3.13. The summed E-state index contributed by atoms with van der Waals surface area (Å²) in [6.45, 7) is 5.68. The fourth-order valence-corrected chi connectivity index (χ4v) is 3.60. The minimum Gasteiger partial charge on any atom is -0.402 e. The highest BCUT2D eigenvalue weighted by atomic mass is 16.7. The fraction of sp³-hybridized carbons (Fsp3) is 0.960. The number of hydrogen-bond donors (Lipinski definition) is 0. The molecule has 0 rings (SSSR count). The van der Waals surface area contributed by atoms with E-state index in [1.54, 1.807) is 0 Å². The van der Waals surface area contributed by atoms with E-state index in [1.165, 1.54) is 116 Å². The monoisotopic (exact) mass is 410 g/mol. The minimum absolute atomic E-state index is 0.0387. The van der Waals surface area contributed by atoms with Crippen molar-refractivity contribution in [2.75, 3.05) is 13.2 Å². The van der Waals surface area contributed by atoms with Gasteiger partial charge in [0, 0.05) is 0 Å². The number of ether oxygens (including phenoxy) is 2. The molecule has 0 aliphatic rings. The predicted octanol–water partition coefficient (Wildman–Crippen LogP) is 8.45. The molecule has 0 aliphatic heterocycles. The number of nitrogens with zero attached hydrogens (tertiary/aromatic N) is 2. The van der Waals surface area contributed by atoms with Crippen LogP contribution in [0.15, 0.2) is 0 Å². The van der Waals surface area contributed by atoms with Crippen molar-refractivity contribution in [2.24, 2.45) is 0 Å². The van der Waals surface area contributed by atoms with Gasteiger partial charge in [-0.1, -0.05) is 134 Å². The first-order valence-corrected chi connectivity index (χ1v) is 12.8. The van der Waals surface area contributed by atoms with E-state index in [2.05, 4.69) is 18.6 Å². The highest BCUT2D eigenvalue weighted by molar-refractivity contribution is 5.59. The van der Waals surface area contributed by atoms with Crippen molar-refractivity contribution in [1.29, 1.82) is 0 Å². The molecular weight excluding hydrogens is 360 g/mol. The van der Waals surface area contributed by atoms with Crippen LogP contribution < -0.4 is 0 Å². The molecule has 0 amide bonds. The second-order valence-electron chi connectivity index (χ2n) is 8.43. The molecule has 0 saturated carbocycles. The van der Waals surface area contributed by atoms with Crippen molar-refractivity contribution in [3.8, 4) is 0 Å². The van der Waals surface area contributed by atoms with Crippen molar-refractivity contribution in [3.05, 3.63) is 5.53 Å². The Hall–Kier alpha value is -1.02. The molecule has 29 heavy (non-hydrogen) atoms. The second kappa shape index (κ2) is 25.0. The van der Waals surface area contributed by atoms with Gasteiger partial charge in [0.05, 0.1) is 13.2 Å². The molecule has 0 fully saturated rings. The first-order chi connectivity index (χ1) is 14.3. The third-order valence-electron chi connectivity index (χ3n) is 5.53. The summed E-state index contributed by atoms with van der Waals surface area (Å²) in [5, 5.41) is 0. The van der Waals surface area contributed by atoms with Crippen LogP contribution in [-0.2, 0) is 9.47 Å². The zero-order chi connectivity index (χ0) is 21.3. The van der Waals surface area contributed by atoms with Crippen LogP contribution in [0.4, 0.5) is 0 Å². The molecule has 0 aliphatic carbocycles. The summed E-state index contributed by atoms with van der Waals surface area (Å²) < 4.78 is 10.9. The topological polar surface area (TPSA) is 54.9 Å². The van der Waals surface area contributed by atoms with Gasteiger partial charge in [-0.25, -0.2) is 0 Å². The smallest absolute Gasteiger partial charge is 0.402 e. The summed E-state index contributed by atoms with van der Waals surface area (Å²) in [7, 11) is 0. The summed E-state index contributed by atoms with van der Waals surface area (Å²) >= 11 is 0. The van der Waals surface area contributed by atoms with E-state index in [4.69, 9.17) is 15.0 Å². The van der Waals surface area contributed by atoms with E-state index in [0.717, 1.165) is 12.8 Å². The van der Waals surface area contributed by atoms with Crippen molar-refractivity contribution in [1.82, 2.24) is 0 Å². The summed E-state index contributed by atoms with van der Waals surface area (Å²) in [6.07, 6.45) is 26.0. The second-order valence-corrected chi connectivity index (χ2v) is 8.43. The predicted molar refractivity (Wildman–Crippen MR) is 124 cm³/mol. The molecule has 0 spiro atoms. The Morgan fingerprint density at radius 2 is 0.759 bits per heavy atom. The molecule has 4 nitrogen and oxygen atoms in total. The molecule has 0 bridgehead atoms. The highest BCUT2D eigenvalue weighted by Crippen LogP contribution is 2.11. The maximum Gasteiger partial charge on any atom is 0.666 e. The number of rotatable bonds is 22. The molecule has 0 radical (unpaired) electrons. The van der Waals surface area contributed by atoms with Crippen LogP contribution in [-0.4, -0.2) is 24.1 Å². The van der Waals surface area contributed by atoms with Crippen LogP contribution in [0, 0.1) is 0 Å². The molecule has 0 unspecified atom stereocenters. The maximum atomic E-state index is 8.99. The van der Waals surface area contributed by atoms with Gasteiger partial charge in [0.25, 0.3) is 0 Å². The van der Waals surface area contributed by atoms with E-state index in [0.29, 0.717) is 13.2 Å². The third-order valence-corrected chi connectivity index (χ3v) is 5.53. The Morgan fingerprint density at radius 3 is 1.03 bits per heavy atom. The molecule has 0 atom stereocenters.